The van der Waals surface area contributed by atoms with Crippen molar-refractivity contribution < 1.29 is 4.42 Å². The van der Waals surface area contributed by atoms with Gasteiger partial charge in [0.15, 0.2) is 11.4 Å². The van der Waals surface area contributed by atoms with E-state index in [1.165, 1.54) is 25.7 Å². The summed E-state index contributed by atoms with van der Waals surface area (Å²) in [5.41, 5.74) is 2.56. The highest BCUT2D eigenvalue weighted by molar-refractivity contribution is 6.05. The number of nitrogens with zero attached hydrogens (tertiary/aromatic N) is 2. The standard InChI is InChI=1S/C19H21N3O/c1-11(15-9-12-6-7-13(15)8-12)22-19-18-17(20-10-21-19)14-4-2-3-5-16(14)23-18/h2-5,10-13,15H,6-9H2,1H3,(H,20,21,22)/t11-,12-,13-,15-/m0/s1. The average Bonchev–Trinajstić information content (AvgIpc) is 3.28. The molecule has 1 N–H and O–H groups in total. The number of hydrogen-bond acceptors (Lipinski definition) is 4. The minimum absolute atomic E-state index is 0.427. The molecule has 1 aromatic carbocycles. The Morgan fingerprint density at radius 2 is 2.09 bits per heavy atom. The maximum atomic E-state index is 6.02. The van der Waals surface area contributed by atoms with Gasteiger partial charge in [0.1, 0.15) is 17.4 Å². The zero-order valence-electron chi connectivity index (χ0n) is 13.3. The molecular formula is C19H21N3O. The van der Waals surface area contributed by atoms with E-state index in [0.717, 1.165) is 45.6 Å². The molecule has 0 saturated heterocycles. The Morgan fingerprint density at radius 1 is 1.17 bits per heavy atom. The van der Waals surface area contributed by atoms with Gasteiger partial charge >= 0.3 is 0 Å². The largest absolute Gasteiger partial charge is 0.450 e. The molecule has 2 aromatic heterocycles. The fraction of sp³-hybridized carbons (Fsp3) is 0.474. The predicted molar refractivity (Wildman–Crippen MR) is 91.3 cm³/mol. The maximum absolute atomic E-state index is 6.02. The number of hydrogen-bond donors (Lipinski definition) is 1. The number of anilines is 1. The summed E-state index contributed by atoms with van der Waals surface area (Å²) in [6.45, 7) is 2.29. The van der Waals surface area contributed by atoms with E-state index in [2.05, 4.69) is 28.3 Å². The summed E-state index contributed by atoms with van der Waals surface area (Å²) in [7, 11) is 0. The first-order chi connectivity index (χ1) is 11.3. The second-order valence-electron chi connectivity index (χ2n) is 7.27. The molecule has 23 heavy (non-hydrogen) atoms. The van der Waals surface area contributed by atoms with Crippen LogP contribution in [0.5, 0.6) is 0 Å². The van der Waals surface area contributed by atoms with Gasteiger partial charge in [-0.1, -0.05) is 18.6 Å². The van der Waals surface area contributed by atoms with Crippen molar-refractivity contribution in [3.63, 3.8) is 0 Å². The molecule has 2 fully saturated rings. The molecular weight excluding hydrogens is 286 g/mol. The van der Waals surface area contributed by atoms with Crippen molar-refractivity contribution in [2.75, 3.05) is 5.32 Å². The van der Waals surface area contributed by atoms with Crippen LogP contribution >= 0.6 is 0 Å². The Morgan fingerprint density at radius 3 is 2.91 bits per heavy atom. The SMILES string of the molecule is C[C@H](Nc1ncnc2c1oc1ccccc12)[C@@H]1C[C@H]2CC[C@H]1C2. The second-order valence-corrected chi connectivity index (χ2v) is 7.27. The third-order valence-electron chi connectivity index (χ3n) is 5.96. The van der Waals surface area contributed by atoms with Gasteiger partial charge in [0.2, 0.25) is 0 Å². The lowest BCUT2D eigenvalue weighted by Crippen LogP contribution is -2.30. The number of para-hydroxylation sites is 1. The van der Waals surface area contributed by atoms with Crippen molar-refractivity contribution in [1.29, 1.82) is 0 Å². The summed E-state index contributed by atoms with van der Waals surface area (Å²) in [6, 6.07) is 8.47. The van der Waals surface area contributed by atoms with E-state index in [4.69, 9.17) is 4.42 Å². The average molecular weight is 307 g/mol. The lowest BCUT2D eigenvalue weighted by Gasteiger charge is -2.28. The molecule has 4 heteroatoms. The Bertz CT molecular complexity index is 871. The molecule has 0 amide bonds. The molecule has 0 radical (unpaired) electrons. The molecule has 5 rings (SSSR count). The second kappa shape index (κ2) is 4.95. The molecule has 4 atom stereocenters. The van der Waals surface area contributed by atoms with E-state index in [1.807, 2.05) is 18.2 Å². The van der Waals surface area contributed by atoms with Gasteiger partial charge in [-0.25, -0.2) is 9.97 Å². The van der Waals surface area contributed by atoms with Crippen LogP contribution in [0.2, 0.25) is 0 Å². The van der Waals surface area contributed by atoms with Crippen LogP contribution < -0.4 is 5.32 Å². The highest BCUT2D eigenvalue weighted by Crippen LogP contribution is 2.50. The van der Waals surface area contributed by atoms with Crippen LogP contribution in [0.4, 0.5) is 5.82 Å². The fourth-order valence-electron chi connectivity index (χ4n) is 4.86. The monoisotopic (exact) mass is 307 g/mol. The molecule has 4 nitrogen and oxygen atoms in total. The first-order valence-corrected chi connectivity index (χ1v) is 8.68. The lowest BCUT2D eigenvalue weighted by atomic mass is 9.84. The van der Waals surface area contributed by atoms with Crippen molar-refractivity contribution in [2.24, 2.45) is 17.8 Å². The van der Waals surface area contributed by atoms with Crippen LogP contribution in [0.25, 0.3) is 22.1 Å². The van der Waals surface area contributed by atoms with E-state index in [-0.39, 0.29) is 0 Å². The third-order valence-corrected chi connectivity index (χ3v) is 5.96. The third kappa shape index (κ3) is 2.04. The highest BCUT2D eigenvalue weighted by atomic mass is 16.3. The topological polar surface area (TPSA) is 51.0 Å². The van der Waals surface area contributed by atoms with Crippen LogP contribution in [0.3, 0.4) is 0 Å². The van der Waals surface area contributed by atoms with Crippen molar-refractivity contribution in [2.45, 2.75) is 38.6 Å². The Hall–Kier alpha value is -2.10. The molecule has 3 aromatic rings. The number of fused-ring (bicyclic) bond motifs is 5. The molecule has 2 saturated carbocycles. The van der Waals surface area contributed by atoms with Gasteiger partial charge in [0.05, 0.1) is 0 Å². The van der Waals surface area contributed by atoms with Crippen molar-refractivity contribution in [1.82, 2.24) is 9.97 Å². The summed E-state index contributed by atoms with van der Waals surface area (Å²) in [4.78, 5) is 8.89. The van der Waals surface area contributed by atoms with Gasteiger partial charge in [0, 0.05) is 11.4 Å². The predicted octanol–water partition coefficient (Wildman–Crippen LogP) is 4.61. The van der Waals surface area contributed by atoms with Gasteiger partial charge in [-0.15, -0.1) is 0 Å². The molecule has 2 aliphatic rings. The Labute approximate surface area is 135 Å². The van der Waals surface area contributed by atoms with Crippen molar-refractivity contribution >= 4 is 27.9 Å². The summed E-state index contributed by atoms with van der Waals surface area (Å²) < 4.78 is 6.02. The Kier molecular flexibility index (Phi) is 2.87. The van der Waals surface area contributed by atoms with E-state index in [9.17, 15) is 0 Å². The summed E-state index contributed by atoms with van der Waals surface area (Å²) in [6.07, 6.45) is 7.29. The van der Waals surface area contributed by atoms with E-state index in [1.54, 1.807) is 6.33 Å². The molecule has 118 valence electrons. The number of furan rings is 1. The lowest BCUT2D eigenvalue weighted by molar-refractivity contribution is 0.304. The quantitative estimate of drug-likeness (QED) is 0.767. The minimum atomic E-state index is 0.427. The molecule has 0 unspecified atom stereocenters. The van der Waals surface area contributed by atoms with Crippen LogP contribution in [0.1, 0.15) is 32.6 Å². The molecule has 0 aliphatic heterocycles. The number of nitrogens with one attached hydrogen (secondary N) is 1. The van der Waals surface area contributed by atoms with Gasteiger partial charge in [-0.3, -0.25) is 0 Å². The zero-order chi connectivity index (χ0) is 15.4. The van der Waals surface area contributed by atoms with Crippen LogP contribution in [-0.2, 0) is 0 Å². The van der Waals surface area contributed by atoms with Crippen LogP contribution in [0.15, 0.2) is 35.0 Å². The summed E-state index contributed by atoms with van der Waals surface area (Å²) in [5, 5.41) is 4.68. The zero-order valence-corrected chi connectivity index (χ0v) is 13.3. The van der Waals surface area contributed by atoms with Gasteiger partial charge < -0.3 is 9.73 Å². The maximum Gasteiger partial charge on any atom is 0.196 e. The molecule has 2 aliphatic carbocycles. The van der Waals surface area contributed by atoms with E-state index >= 15 is 0 Å². The number of benzene rings is 1. The molecule has 0 spiro atoms. The first kappa shape index (κ1) is 13.3. The molecule has 2 bridgehead atoms. The fourth-order valence-corrected chi connectivity index (χ4v) is 4.86. The smallest absolute Gasteiger partial charge is 0.196 e. The minimum Gasteiger partial charge on any atom is -0.450 e. The summed E-state index contributed by atoms with van der Waals surface area (Å²) in [5.74, 6) is 3.46. The van der Waals surface area contributed by atoms with E-state index in [0.29, 0.717) is 6.04 Å². The highest BCUT2D eigenvalue weighted by Gasteiger charge is 2.42. The Balaban J connectivity index is 1.50. The van der Waals surface area contributed by atoms with Crippen LogP contribution in [0, 0.1) is 17.8 Å². The van der Waals surface area contributed by atoms with Gasteiger partial charge in [-0.2, -0.15) is 0 Å². The number of aromatic nitrogens is 2. The van der Waals surface area contributed by atoms with Crippen molar-refractivity contribution in [3.8, 4) is 0 Å². The van der Waals surface area contributed by atoms with Crippen LogP contribution in [-0.4, -0.2) is 16.0 Å². The first-order valence-electron chi connectivity index (χ1n) is 8.68. The molecule has 2 heterocycles. The van der Waals surface area contributed by atoms with Crippen molar-refractivity contribution in [3.05, 3.63) is 30.6 Å². The van der Waals surface area contributed by atoms with E-state index < -0.39 is 0 Å². The normalized spacial score (nSPS) is 27.8. The summed E-state index contributed by atoms with van der Waals surface area (Å²) >= 11 is 0. The number of rotatable bonds is 3. The van der Waals surface area contributed by atoms with Gasteiger partial charge in [-0.05, 0) is 56.1 Å². The van der Waals surface area contributed by atoms with Gasteiger partial charge in [0.25, 0.3) is 0 Å².